The van der Waals surface area contributed by atoms with Gasteiger partial charge in [0.25, 0.3) is 0 Å². The van der Waals surface area contributed by atoms with Crippen LogP contribution in [0.2, 0.25) is 10.0 Å². The molecule has 7 rings (SSSR count). The molecule has 3 aliphatic rings. The number of amides is 1. The minimum absolute atomic E-state index is 0.0127. The summed E-state index contributed by atoms with van der Waals surface area (Å²) in [6, 6.07) is 15.0. The van der Waals surface area contributed by atoms with Crippen LogP contribution in [0.3, 0.4) is 0 Å². The molecule has 1 aromatic heterocycles. The van der Waals surface area contributed by atoms with E-state index in [2.05, 4.69) is 4.90 Å². The average molecular weight is 741 g/mol. The van der Waals surface area contributed by atoms with Crippen molar-refractivity contribution < 1.29 is 42.8 Å². The predicted molar refractivity (Wildman–Crippen MR) is 187 cm³/mol. The van der Waals surface area contributed by atoms with Crippen LogP contribution in [0.25, 0.3) is 0 Å². The van der Waals surface area contributed by atoms with Crippen molar-refractivity contribution in [1.29, 1.82) is 0 Å². The number of methoxy groups -OCH3 is 2. The van der Waals surface area contributed by atoms with E-state index >= 15 is 4.39 Å². The molecule has 4 aromatic rings. The Kier molecular flexibility index (Phi) is 11.0. The number of carbonyl (C=O) groups excluding carboxylic acids is 2. The summed E-state index contributed by atoms with van der Waals surface area (Å²) < 4.78 is 38.6. The zero-order valence-corrected chi connectivity index (χ0v) is 29.4. The molecule has 0 unspecified atom stereocenters. The molecule has 11 nitrogen and oxygen atoms in total. The van der Waals surface area contributed by atoms with Crippen LogP contribution in [0.15, 0.2) is 73.1 Å². The molecule has 3 saturated heterocycles. The highest BCUT2D eigenvalue weighted by atomic mass is 35.5. The summed E-state index contributed by atoms with van der Waals surface area (Å²) in [5.41, 5.74) is 1.47. The molecule has 51 heavy (non-hydrogen) atoms. The summed E-state index contributed by atoms with van der Waals surface area (Å²) in [5, 5.41) is 21.9. The fourth-order valence-electron chi connectivity index (χ4n) is 6.57. The summed E-state index contributed by atoms with van der Waals surface area (Å²) in [6.45, 7) is 2.38. The molecule has 3 aromatic carbocycles. The Labute approximate surface area is 304 Å². The second-order valence-electron chi connectivity index (χ2n) is 12.5. The number of anilines is 1. The van der Waals surface area contributed by atoms with E-state index in [0.717, 1.165) is 49.3 Å². The highest BCUT2D eigenvalue weighted by Crippen LogP contribution is 2.36. The van der Waals surface area contributed by atoms with Crippen molar-refractivity contribution in [3.05, 3.63) is 116 Å². The van der Waals surface area contributed by atoms with Crippen molar-refractivity contribution in [3.8, 4) is 17.2 Å². The highest BCUT2D eigenvalue weighted by Gasteiger charge is 2.38. The monoisotopic (exact) mass is 739 g/mol. The van der Waals surface area contributed by atoms with Crippen LogP contribution < -0.4 is 19.1 Å². The molecule has 0 radical (unpaired) electrons. The first-order chi connectivity index (χ1) is 24.5. The van der Waals surface area contributed by atoms with E-state index in [-0.39, 0.29) is 52.0 Å². The number of phenols is 1. The van der Waals surface area contributed by atoms with Crippen LogP contribution in [0, 0.1) is 16.9 Å². The molecule has 4 heterocycles. The maximum atomic E-state index is 15.2. The lowest BCUT2D eigenvalue weighted by atomic mass is 9.86. The molecular formula is C37H36Cl2FN3O8. The van der Waals surface area contributed by atoms with Gasteiger partial charge in [-0.15, -0.1) is 0 Å². The van der Waals surface area contributed by atoms with Gasteiger partial charge in [0.15, 0.2) is 29.7 Å². The zero-order valence-electron chi connectivity index (χ0n) is 27.9. The molecule has 268 valence electrons. The van der Waals surface area contributed by atoms with Crippen LogP contribution >= 0.6 is 23.2 Å². The molecule has 0 aliphatic carbocycles. The Morgan fingerprint density at radius 1 is 1.02 bits per heavy atom. The van der Waals surface area contributed by atoms with Crippen LogP contribution in [-0.4, -0.2) is 62.0 Å². The first kappa shape index (κ1) is 36.0. The van der Waals surface area contributed by atoms with Gasteiger partial charge in [0.1, 0.15) is 28.0 Å². The van der Waals surface area contributed by atoms with Crippen LogP contribution in [0.5, 0.6) is 17.2 Å². The minimum atomic E-state index is -0.947. The van der Waals surface area contributed by atoms with Crippen LogP contribution in [0.4, 0.5) is 14.9 Å². The van der Waals surface area contributed by atoms with Crippen LogP contribution in [0.1, 0.15) is 46.0 Å². The zero-order chi connectivity index (χ0) is 36.2. The maximum Gasteiger partial charge on any atom is 0.415 e. The van der Waals surface area contributed by atoms with Gasteiger partial charge < -0.3 is 29.3 Å². The number of aromatic hydroxyl groups is 1. The predicted octanol–water partition coefficient (Wildman–Crippen LogP) is 6.87. The van der Waals surface area contributed by atoms with Crippen LogP contribution in [-0.2, 0) is 22.4 Å². The van der Waals surface area contributed by atoms with E-state index in [1.807, 2.05) is 0 Å². The Balaban J connectivity index is 1.27. The first-order valence-electron chi connectivity index (χ1n) is 16.3. The molecule has 0 saturated carbocycles. The molecule has 14 heteroatoms. The molecule has 3 fully saturated rings. The lowest BCUT2D eigenvalue weighted by molar-refractivity contribution is -0.605. The molecule has 3 aliphatic heterocycles. The smallest absolute Gasteiger partial charge is 0.415 e. The van der Waals surface area contributed by atoms with E-state index < -0.39 is 24.0 Å². The van der Waals surface area contributed by atoms with Gasteiger partial charge in [0.05, 0.1) is 32.0 Å². The Bertz CT molecular complexity index is 1900. The quantitative estimate of drug-likeness (QED) is 0.0997. The van der Waals surface area contributed by atoms with E-state index in [1.54, 1.807) is 42.5 Å². The molecule has 2 bridgehead atoms. The second kappa shape index (κ2) is 15.6. The Morgan fingerprint density at radius 3 is 2.39 bits per heavy atom. The fourth-order valence-corrected chi connectivity index (χ4v) is 7.17. The second-order valence-corrected chi connectivity index (χ2v) is 13.3. The Hall–Kier alpha value is -4.78. The minimum Gasteiger partial charge on any atom is -0.619 e. The molecule has 1 N–H and O–H groups in total. The lowest BCUT2D eigenvalue weighted by Crippen LogP contribution is -2.53. The number of halogens is 3. The van der Waals surface area contributed by atoms with Gasteiger partial charge in [0.2, 0.25) is 0 Å². The summed E-state index contributed by atoms with van der Waals surface area (Å²) in [6.07, 6.45) is 2.14. The van der Waals surface area contributed by atoms with E-state index in [9.17, 15) is 19.9 Å². The van der Waals surface area contributed by atoms with Crippen molar-refractivity contribution in [1.82, 2.24) is 4.90 Å². The highest BCUT2D eigenvalue weighted by molar-refractivity contribution is 6.35. The first-order valence-corrected chi connectivity index (χ1v) is 17.1. The third kappa shape index (κ3) is 8.24. The fraction of sp³-hybridized carbons (Fsp3) is 0.324. The van der Waals surface area contributed by atoms with E-state index in [0.29, 0.717) is 39.5 Å². The molecule has 1 amide bonds. The van der Waals surface area contributed by atoms with Crippen molar-refractivity contribution in [2.45, 2.75) is 38.0 Å². The number of phenolic OH excluding ortho intramolecular Hbond substituents is 1. The Morgan fingerprint density at radius 2 is 1.75 bits per heavy atom. The van der Waals surface area contributed by atoms with Gasteiger partial charge in [-0.1, -0.05) is 41.4 Å². The van der Waals surface area contributed by atoms with Gasteiger partial charge in [-0.2, -0.15) is 4.73 Å². The van der Waals surface area contributed by atoms with Gasteiger partial charge in [-0.05, 0) is 79.4 Å². The topological polar surface area (TPSA) is 125 Å². The number of nitrogens with zero attached hydrogens (tertiary/aromatic N) is 3. The summed E-state index contributed by atoms with van der Waals surface area (Å²) >= 11 is 12.8. The molecular weight excluding hydrogens is 704 g/mol. The SMILES string of the molecule is COc1ccc([C@H](Cc2c(Cl)c[n+]([O-])cc2Cl)OC(=O)c2cccc(CN(C(=O)O[C@H]3CN4CCC3CC4)c3ccc(O)cc3F)c2)cc1OC. The van der Waals surface area contributed by atoms with Gasteiger partial charge in [0, 0.05) is 24.6 Å². The van der Waals surface area contributed by atoms with E-state index in [1.165, 1.54) is 26.4 Å². The normalized spacial score (nSPS) is 18.5. The van der Waals surface area contributed by atoms with Crippen molar-refractivity contribution in [2.75, 3.05) is 38.8 Å². The summed E-state index contributed by atoms with van der Waals surface area (Å²) in [7, 11) is 2.98. The number of benzene rings is 3. The third-order valence-corrected chi connectivity index (χ3v) is 9.92. The van der Waals surface area contributed by atoms with Crippen molar-refractivity contribution >= 4 is 41.0 Å². The van der Waals surface area contributed by atoms with E-state index in [4.69, 9.17) is 42.1 Å². The number of aromatic nitrogens is 1. The number of piperidine rings is 3. The van der Waals surface area contributed by atoms with Crippen molar-refractivity contribution in [2.24, 2.45) is 5.92 Å². The summed E-state index contributed by atoms with van der Waals surface area (Å²) in [4.78, 5) is 30.9. The number of hydrogen-bond acceptors (Lipinski definition) is 9. The number of hydrogen-bond donors (Lipinski definition) is 1. The number of pyridine rings is 1. The molecule has 2 atom stereocenters. The van der Waals surface area contributed by atoms with Gasteiger partial charge in [-0.3, -0.25) is 9.80 Å². The maximum absolute atomic E-state index is 15.2. The standard InChI is InChI=1S/C37H36Cl2FN3O8/c1-48-32-9-6-24(15-34(32)49-2)33(17-27-28(38)19-42(47)20-29(27)39)50-36(45)25-5-3-4-22(14-25)18-43(31-8-7-26(44)16-30(31)40)37(46)51-35-21-41-12-10-23(35)11-13-41/h3-9,14-16,19-20,23,33,35,44H,10-13,17-18,21H2,1-2H3/t33-,35-/m0/s1. The number of esters is 1. The number of fused-ring (bicyclic) bond motifs is 3. The lowest BCUT2D eigenvalue weighted by Gasteiger charge is -2.44. The van der Waals surface area contributed by atoms with Gasteiger partial charge >= 0.3 is 12.1 Å². The number of rotatable bonds is 11. The average Bonchev–Trinajstić information content (AvgIpc) is 3.12. The van der Waals surface area contributed by atoms with Gasteiger partial charge in [-0.25, -0.2) is 14.0 Å². The molecule has 0 spiro atoms. The summed E-state index contributed by atoms with van der Waals surface area (Å²) in [5.74, 6) is -0.730. The largest absolute Gasteiger partial charge is 0.619 e. The third-order valence-electron chi connectivity index (χ3n) is 9.27. The van der Waals surface area contributed by atoms with Crippen molar-refractivity contribution in [3.63, 3.8) is 0 Å². The number of ether oxygens (including phenoxy) is 4. The number of carbonyl (C=O) groups is 2.